The molecule has 0 aliphatic rings. The number of hydrogen-bond acceptors (Lipinski definition) is 4. The van der Waals surface area contributed by atoms with E-state index in [-0.39, 0.29) is 11.9 Å². The molecule has 0 bridgehead atoms. The Hall–Kier alpha value is -0.995. The van der Waals surface area contributed by atoms with Gasteiger partial charge < -0.3 is 9.31 Å². The zero-order chi connectivity index (χ0) is 10.1. The van der Waals surface area contributed by atoms with Crippen LogP contribution in [0.15, 0.2) is 0 Å². The molecule has 0 aromatic heterocycles. The van der Waals surface area contributed by atoms with Crippen LogP contribution in [0.1, 0.15) is 39.5 Å². The lowest BCUT2D eigenvalue weighted by atomic mass is 10.3. The molecule has 0 aliphatic heterocycles. The SMILES string of the molecule is CCCC(=O)O[B]OC(=O)CCC. The van der Waals surface area contributed by atoms with E-state index in [0.717, 1.165) is 20.5 Å². The first kappa shape index (κ1) is 12.0. The van der Waals surface area contributed by atoms with E-state index in [1.54, 1.807) is 0 Å². The number of carbonyl (C=O) groups is 2. The summed E-state index contributed by atoms with van der Waals surface area (Å²) in [4.78, 5) is 21.5. The van der Waals surface area contributed by atoms with Gasteiger partial charge in [-0.05, 0) is 12.8 Å². The van der Waals surface area contributed by atoms with Crippen molar-refractivity contribution in [3.05, 3.63) is 0 Å². The van der Waals surface area contributed by atoms with E-state index in [1.165, 1.54) is 0 Å². The Morgan fingerprint density at radius 1 is 1.00 bits per heavy atom. The van der Waals surface area contributed by atoms with Crippen LogP contribution < -0.4 is 0 Å². The maximum Gasteiger partial charge on any atom is 0.662 e. The fourth-order valence-corrected chi connectivity index (χ4v) is 0.657. The Labute approximate surface area is 78.9 Å². The Morgan fingerprint density at radius 3 is 1.69 bits per heavy atom. The fraction of sp³-hybridized carbons (Fsp3) is 0.750. The van der Waals surface area contributed by atoms with Crippen molar-refractivity contribution in [3.63, 3.8) is 0 Å². The Morgan fingerprint density at radius 2 is 1.38 bits per heavy atom. The second-order valence-electron chi connectivity index (χ2n) is 2.58. The Kier molecular flexibility index (Phi) is 7.06. The molecule has 1 radical (unpaired) electrons. The predicted molar refractivity (Wildman–Crippen MR) is 47.8 cm³/mol. The molecule has 0 aromatic carbocycles. The standard InChI is InChI=1S/C8H14BO4/c1-3-5-7(10)12-9-13-8(11)6-4-2/h3-6H2,1-2H3. The summed E-state index contributed by atoms with van der Waals surface area (Å²) in [5, 5.41) is 0. The van der Waals surface area contributed by atoms with Crippen molar-refractivity contribution in [1.29, 1.82) is 0 Å². The summed E-state index contributed by atoms with van der Waals surface area (Å²) in [5.41, 5.74) is 0. The van der Waals surface area contributed by atoms with Crippen LogP contribution in [0.3, 0.4) is 0 Å². The second-order valence-corrected chi connectivity index (χ2v) is 2.58. The molecule has 4 nitrogen and oxygen atoms in total. The third kappa shape index (κ3) is 7.37. The van der Waals surface area contributed by atoms with Crippen LogP contribution in [0, 0.1) is 0 Å². The molecule has 0 saturated carbocycles. The number of rotatable bonds is 6. The van der Waals surface area contributed by atoms with Crippen LogP contribution in [-0.4, -0.2) is 19.6 Å². The Bertz CT molecular complexity index is 152. The third-order valence-corrected chi connectivity index (χ3v) is 1.27. The van der Waals surface area contributed by atoms with Crippen molar-refractivity contribution in [2.24, 2.45) is 0 Å². The topological polar surface area (TPSA) is 52.6 Å². The molecule has 0 saturated heterocycles. The van der Waals surface area contributed by atoms with Gasteiger partial charge in [0.05, 0.1) is 0 Å². The first-order valence-electron chi connectivity index (χ1n) is 4.41. The summed E-state index contributed by atoms with van der Waals surface area (Å²) in [6.07, 6.45) is 2.11. The summed E-state index contributed by atoms with van der Waals surface area (Å²) in [7, 11) is 0.802. The van der Waals surface area contributed by atoms with Gasteiger partial charge in [0, 0.05) is 12.8 Å². The van der Waals surface area contributed by atoms with Gasteiger partial charge in [-0.15, -0.1) is 0 Å². The molecule has 0 aliphatic carbocycles. The molecule has 0 fully saturated rings. The van der Waals surface area contributed by atoms with Gasteiger partial charge in [0.2, 0.25) is 0 Å². The highest BCUT2D eigenvalue weighted by Gasteiger charge is 2.08. The number of carbonyl (C=O) groups excluding carboxylic acids is 2. The minimum Gasteiger partial charge on any atom is -0.500 e. The molecule has 0 N–H and O–H groups in total. The molecule has 0 rings (SSSR count). The van der Waals surface area contributed by atoms with Gasteiger partial charge in [-0.1, -0.05) is 13.8 Å². The van der Waals surface area contributed by atoms with Gasteiger partial charge in [-0.2, -0.15) is 0 Å². The lowest BCUT2D eigenvalue weighted by Crippen LogP contribution is -2.15. The van der Waals surface area contributed by atoms with Gasteiger partial charge in [0.1, 0.15) is 0 Å². The van der Waals surface area contributed by atoms with E-state index in [2.05, 4.69) is 9.31 Å². The van der Waals surface area contributed by atoms with Crippen molar-refractivity contribution >= 4 is 19.6 Å². The van der Waals surface area contributed by atoms with Crippen molar-refractivity contribution in [1.82, 2.24) is 0 Å². The van der Waals surface area contributed by atoms with E-state index < -0.39 is 0 Å². The summed E-state index contributed by atoms with van der Waals surface area (Å²) in [6, 6.07) is 0. The quantitative estimate of drug-likeness (QED) is 0.583. The van der Waals surface area contributed by atoms with E-state index in [9.17, 15) is 9.59 Å². The highest BCUT2D eigenvalue weighted by atomic mass is 16.6. The van der Waals surface area contributed by atoms with E-state index in [4.69, 9.17) is 0 Å². The maximum atomic E-state index is 10.7. The second kappa shape index (κ2) is 7.64. The molecule has 0 unspecified atom stereocenters. The van der Waals surface area contributed by atoms with Gasteiger partial charge >= 0.3 is 7.69 Å². The minimum atomic E-state index is -0.383. The van der Waals surface area contributed by atoms with Crippen LogP contribution in [0.25, 0.3) is 0 Å². The summed E-state index contributed by atoms with van der Waals surface area (Å²) in [5.74, 6) is -0.765. The highest BCUT2D eigenvalue weighted by molar-refractivity contribution is 6.25. The fourth-order valence-electron chi connectivity index (χ4n) is 0.657. The molecule has 0 spiro atoms. The molecule has 13 heavy (non-hydrogen) atoms. The zero-order valence-electron chi connectivity index (χ0n) is 8.04. The van der Waals surface area contributed by atoms with Crippen molar-refractivity contribution in [2.75, 3.05) is 0 Å². The van der Waals surface area contributed by atoms with Gasteiger partial charge in [-0.25, -0.2) is 0 Å². The first-order valence-corrected chi connectivity index (χ1v) is 4.41. The summed E-state index contributed by atoms with van der Waals surface area (Å²) < 4.78 is 8.98. The third-order valence-electron chi connectivity index (χ3n) is 1.27. The van der Waals surface area contributed by atoms with E-state index >= 15 is 0 Å². The molecule has 0 heterocycles. The van der Waals surface area contributed by atoms with Gasteiger partial charge in [0.25, 0.3) is 11.9 Å². The Balaban J connectivity index is 3.33. The van der Waals surface area contributed by atoms with E-state index in [1.807, 2.05) is 13.8 Å². The van der Waals surface area contributed by atoms with Crippen LogP contribution in [0.5, 0.6) is 0 Å². The normalized spacial score (nSPS) is 9.08. The van der Waals surface area contributed by atoms with E-state index in [0.29, 0.717) is 12.8 Å². The average molecular weight is 185 g/mol. The average Bonchev–Trinajstić information content (AvgIpc) is 2.05. The van der Waals surface area contributed by atoms with Gasteiger partial charge in [0.15, 0.2) is 0 Å². The number of hydrogen-bond donors (Lipinski definition) is 0. The molecule has 5 heteroatoms. The zero-order valence-corrected chi connectivity index (χ0v) is 8.04. The van der Waals surface area contributed by atoms with Crippen LogP contribution in [0.4, 0.5) is 0 Å². The van der Waals surface area contributed by atoms with Crippen molar-refractivity contribution < 1.29 is 18.9 Å². The molecular weight excluding hydrogens is 171 g/mol. The largest absolute Gasteiger partial charge is 0.662 e. The molecule has 0 aromatic rings. The monoisotopic (exact) mass is 185 g/mol. The van der Waals surface area contributed by atoms with Crippen molar-refractivity contribution in [2.45, 2.75) is 39.5 Å². The molecule has 0 atom stereocenters. The highest BCUT2D eigenvalue weighted by Crippen LogP contribution is 1.93. The van der Waals surface area contributed by atoms with Crippen LogP contribution >= 0.6 is 0 Å². The molecule has 0 amide bonds. The van der Waals surface area contributed by atoms with Crippen molar-refractivity contribution in [3.8, 4) is 0 Å². The summed E-state index contributed by atoms with van der Waals surface area (Å²) in [6.45, 7) is 3.73. The first-order chi connectivity index (χ1) is 6.20. The smallest absolute Gasteiger partial charge is 0.500 e. The molecular formula is C8H14BO4. The lowest BCUT2D eigenvalue weighted by molar-refractivity contribution is -0.139. The lowest BCUT2D eigenvalue weighted by Gasteiger charge is -2.02. The van der Waals surface area contributed by atoms with Crippen LogP contribution in [0.2, 0.25) is 0 Å². The van der Waals surface area contributed by atoms with Crippen LogP contribution in [-0.2, 0) is 18.9 Å². The summed E-state index contributed by atoms with van der Waals surface area (Å²) >= 11 is 0. The predicted octanol–water partition coefficient (Wildman–Crippen LogP) is 1.21. The maximum absolute atomic E-state index is 10.7. The van der Waals surface area contributed by atoms with Gasteiger partial charge in [-0.3, -0.25) is 9.59 Å². The molecule has 73 valence electrons. The minimum absolute atomic E-state index is 0.335.